The van der Waals surface area contributed by atoms with Crippen LogP contribution in [0.25, 0.3) is 6.08 Å². The predicted octanol–water partition coefficient (Wildman–Crippen LogP) is 3.20. The molecule has 2 aliphatic rings. The molecule has 0 radical (unpaired) electrons. The summed E-state index contributed by atoms with van der Waals surface area (Å²) in [4.78, 5) is 26.5. The van der Waals surface area contributed by atoms with Gasteiger partial charge < -0.3 is 5.32 Å². The van der Waals surface area contributed by atoms with E-state index in [9.17, 15) is 22.8 Å². The van der Waals surface area contributed by atoms with E-state index in [2.05, 4.69) is 5.32 Å². The predicted molar refractivity (Wildman–Crippen MR) is 86.9 cm³/mol. The van der Waals surface area contributed by atoms with Gasteiger partial charge in [-0.2, -0.15) is 24.5 Å². The van der Waals surface area contributed by atoms with Gasteiger partial charge in [0.05, 0.1) is 5.56 Å². The Labute approximate surface area is 144 Å². The van der Waals surface area contributed by atoms with Gasteiger partial charge >= 0.3 is 6.18 Å². The number of hydrogen-bond acceptors (Lipinski definition) is 3. The maximum atomic E-state index is 13.0. The molecule has 2 aromatic rings. The van der Waals surface area contributed by atoms with Gasteiger partial charge in [0.1, 0.15) is 11.7 Å². The minimum atomic E-state index is -4.52. The topological polar surface area (TPSA) is 49.4 Å². The molecule has 128 valence electrons. The van der Waals surface area contributed by atoms with Crippen molar-refractivity contribution in [3.05, 3.63) is 57.4 Å². The van der Waals surface area contributed by atoms with Crippen molar-refractivity contribution < 1.29 is 22.8 Å². The first-order chi connectivity index (χ1) is 11.9. The number of anilines is 1. The highest BCUT2D eigenvalue weighted by Crippen LogP contribution is 2.37. The fourth-order valence-electron chi connectivity index (χ4n) is 3.15. The maximum Gasteiger partial charge on any atom is 0.417 e. The lowest BCUT2D eigenvalue weighted by Crippen LogP contribution is -2.55. The van der Waals surface area contributed by atoms with Crippen LogP contribution in [0.2, 0.25) is 0 Å². The Morgan fingerprint density at radius 2 is 1.96 bits per heavy atom. The molecular formula is C17H11F3N2O2S. The lowest BCUT2D eigenvalue weighted by Gasteiger charge is -2.31. The minimum absolute atomic E-state index is 0.132. The molecule has 0 aliphatic carbocycles. The number of thiophene rings is 1. The number of piperazine rings is 1. The summed E-state index contributed by atoms with van der Waals surface area (Å²) in [5, 5.41) is 4.74. The molecular weight excluding hydrogens is 353 g/mol. The standard InChI is InChI=1S/C17H11F3N2O2S/c18-17(19,20)11-8-25-7-10(11)5-12-16(24)22-13-4-2-1-3-9(13)6-14(22)15(23)21-12/h1-5,7-8,14H,6H2,(H,21,23)/b12-5-. The number of hydrogen-bond donors (Lipinski definition) is 1. The van der Waals surface area contributed by atoms with E-state index in [0.29, 0.717) is 12.1 Å². The van der Waals surface area contributed by atoms with E-state index in [1.165, 1.54) is 10.3 Å². The van der Waals surface area contributed by atoms with Crippen LogP contribution >= 0.6 is 11.3 Å². The van der Waals surface area contributed by atoms with E-state index in [1.807, 2.05) is 12.1 Å². The number of alkyl halides is 3. The first-order valence-electron chi connectivity index (χ1n) is 7.43. The molecule has 1 saturated heterocycles. The Kier molecular flexibility index (Phi) is 3.47. The van der Waals surface area contributed by atoms with Crippen molar-refractivity contribution in [2.24, 2.45) is 0 Å². The van der Waals surface area contributed by atoms with Gasteiger partial charge in [-0.3, -0.25) is 14.5 Å². The van der Waals surface area contributed by atoms with Crippen molar-refractivity contribution in [2.45, 2.75) is 18.6 Å². The van der Waals surface area contributed by atoms with Gasteiger partial charge in [0.15, 0.2) is 0 Å². The lowest BCUT2D eigenvalue weighted by molar-refractivity contribution is -0.137. The summed E-state index contributed by atoms with van der Waals surface area (Å²) >= 11 is 0.890. The second-order valence-corrected chi connectivity index (χ2v) is 6.55. The number of amides is 2. The van der Waals surface area contributed by atoms with Crippen LogP contribution in [0.1, 0.15) is 16.7 Å². The van der Waals surface area contributed by atoms with Crippen LogP contribution in [0.4, 0.5) is 18.9 Å². The molecule has 3 heterocycles. The van der Waals surface area contributed by atoms with Gasteiger partial charge in [-0.1, -0.05) is 18.2 Å². The molecule has 8 heteroatoms. The Morgan fingerprint density at radius 1 is 1.20 bits per heavy atom. The highest BCUT2D eigenvalue weighted by molar-refractivity contribution is 7.08. The summed E-state index contributed by atoms with van der Waals surface area (Å²) in [6.45, 7) is 0. The molecule has 1 unspecified atom stereocenters. The van der Waals surface area contributed by atoms with Crippen molar-refractivity contribution in [1.82, 2.24) is 5.32 Å². The summed E-state index contributed by atoms with van der Waals surface area (Å²) in [6.07, 6.45) is -3.03. The van der Waals surface area contributed by atoms with Crippen molar-refractivity contribution in [1.29, 1.82) is 0 Å². The van der Waals surface area contributed by atoms with E-state index in [-0.39, 0.29) is 11.3 Å². The van der Waals surface area contributed by atoms with E-state index in [0.717, 1.165) is 28.4 Å². The molecule has 0 bridgehead atoms. The Bertz CT molecular complexity index is 917. The van der Waals surface area contributed by atoms with Crippen LogP contribution in [0.15, 0.2) is 40.7 Å². The lowest BCUT2D eigenvalue weighted by atomic mass is 10.1. The summed E-state index contributed by atoms with van der Waals surface area (Å²) in [7, 11) is 0. The quantitative estimate of drug-likeness (QED) is 0.790. The highest BCUT2D eigenvalue weighted by Gasteiger charge is 2.44. The van der Waals surface area contributed by atoms with Gasteiger partial charge in [-0.15, -0.1) is 0 Å². The monoisotopic (exact) mass is 364 g/mol. The van der Waals surface area contributed by atoms with Gasteiger partial charge in [-0.25, -0.2) is 0 Å². The third-order valence-corrected chi connectivity index (χ3v) is 5.04. The number of carbonyl (C=O) groups excluding carboxylic acids is 2. The second-order valence-electron chi connectivity index (χ2n) is 5.81. The van der Waals surface area contributed by atoms with Crippen LogP contribution in [-0.4, -0.2) is 17.9 Å². The smallest absolute Gasteiger partial charge is 0.320 e. The number of benzene rings is 1. The number of halogens is 3. The van der Waals surface area contributed by atoms with Crippen molar-refractivity contribution in [3.8, 4) is 0 Å². The zero-order chi connectivity index (χ0) is 17.8. The molecule has 1 aromatic carbocycles. The largest absolute Gasteiger partial charge is 0.417 e. The van der Waals surface area contributed by atoms with Gasteiger partial charge in [0, 0.05) is 17.5 Å². The summed E-state index contributed by atoms with van der Waals surface area (Å²) in [6, 6.07) is 6.47. The average Bonchev–Trinajstić information content (AvgIpc) is 3.16. The molecule has 2 aliphatic heterocycles. The number of rotatable bonds is 1. The molecule has 4 nitrogen and oxygen atoms in total. The van der Waals surface area contributed by atoms with Crippen LogP contribution in [0, 0.1) is 0 Å². The minimum Gasteiger partial charge on any atom is -0.320 e. The summed E-state index contributed by atoms with van der Waals surface area (Å²) in [5.41, 5.74) is 0.383. The summed E-state index contributed by atoms with van der Waals surface area (Å²) < 4.78 is 39.0. The van der Waals surface area contributed by atoms with Gasteiger partial charge in [0.2, 0.25) is 5.91 Å². The SMILES string of the molecule is O=C1N/C(=C\c2cscc2C(F)(F)F)C(=O)N2c3ccccc3CC12. The van der Waals surface area contributed by atoms with Crippen molar-refractivity contribution in [2.75, 3.05) is 4.90 Å². The van der Waals surface area contributed by atoms with E-state index < -0.39 is 29.6 Å². The Morgan fingerprint density at radius 3 is 2.72 bits per heavy atom. The normalized spacial score (nSPS) is 21.3. The number of nitrogens with one attached hydrogen (secondary N) is 1. The molecule has 25 heavy (non-hydrogen) atoms. The van der Waals surface area contributed by atoms with Crippen LogP contribution in [0.5, 0.6) is 0 Å². The van der Waals surface area contributed by atoms with Crippen molar-refractivity contribution >= 4 is 34.9 Å². The molecule has 0 saturated carbocycles. The Hall–Kier alpha value is -2.61. The third-order valence-electron chi connectivity index (χ3n) is 4.28. The molecule has 0 spiro atoms. The molecule has 4 rings (SSSR count). The number of nitrogens with zero attached hydrogens (tertiary/aromatic N) is 1. The highest BCUT2D eigenvalue weighted by atomic mass is 32.1. The van der Waals surface area contributed by atoms with Crippen LogP contribution in [-0.2, 0) is 22.2 Å². The number of fused-ring (bicyclic) bond motifs is 3. The first-order valence-corrected chi connectivity index (χ1v) is 8.38. The fourth-order valence-corrected chi connectivity index (χ4v) is 3.96. The second kappa shape index (κ2) is 5.45. The number of carbonyl (C=O) groups is 2. The number of para-hydroxylation sites is 1. The molecule has 1 atom stereocenters. The zero-order valence-corrected chi connectivity index (χ0v) is 13.4. The molecule has 2 amide bonds. The third kappa shape index (κ3) is 2.53. The average molecular weight is 364 g/mol. The van der Waals surface area contributed by atoms with Crippen LogP contribution < -0.4 is 10.2 Å². The Balaban J connectivity index is 1.75. The van der Waals surface area contributed by atoms with Gasteiger partial charge in [0.25, 0.3) is 5.91 Å². The summed E-state index contributed by atoms with van der Waals surface area (Å²) in [5.74, 6) is -0.903. The van der Waals surface area contributed by atoms with Crippen LogP contribution in [0.3, 0.4) is 0 Å². The van der Waals surface area contributed by atoms with Gasteiger partial charge in [-0.05, 0) is 28.6 Å². The molecule has 1 aromatic heterocycles. The maximum absolute atomic E-state index is 13.0. The van der Waals surface area contributed by atoms with E-state index in [1.54, 1.807) is 12.1 Å². The van der Waals surface area contributed by atoms with E-state index >= 15 is 0 Å². The fraction of sp³-hybridized carbons (Fsp3) is 0.176. The molecule has 1 fully saturated rings. The molecule has 1 N–H and O–H groups in total. The van der Waals surface area contributed by atoms with E-state index in [4.69, 9.17) is 0 Å². The zero-order valence-electron chi connectivity index (χ0n) is 12.6. The van der Waals surface area contributed by atoms with Crippen molar-refractivity contribution in [3.63, 3.8) is 0 Å². The first kappa shape index (κ1) is 15.9.